The van der Waals surface area contributed by atoms with Crippen LogP contribution >= 0.6 is 0 Å². The minimum atomic E-state index is 0.271. The van der Waals surface area contributed by atoms with Gasteiger partial charge in [0.1, 0.15) is 5.78 Å². The molecule has 0 spiro atoms. The van der Waals surface area contributed by atoms with Gasteiger partial charge in [-0.3, -0.25) is 4.79 Å². The third-order valence-corrected chi connectivity index (χ3v) is 4.32. The first-order valence-corrected chi connectivity index (χ1v) is 8.30. The molecule has 0 aliphatic heterocycles. The van der Waals surface area contributed by atoms with Gasteiger partial charge in [0, 0.05) is 12.3 Å². The van der Waals surface area contributed by atoms with Crippen molar-refractivity contribution in [3.8, 4) is 0 Å². The van der Waals surface area contributed by atoms with Crippen molar-refractivity contribution in [2.24, 2.45) is 23.2 Å². The number of hydrogen-bond donors (Lipinski definition) is 0. The Morgan fingerprint density at radius 1 is 1.16 bits per heavy atom. The maximum absolute atomic E-state index is 12.4. The van der Waals surface area contributed by atoms with Crippen molar-refractivity contribution in [1.82, 2.24) is 0 Å². The Bertz CT molecular complexity index is 266. The molecule has 0 heterocycles. The predicted octanol–water partition coefficient (Wildman–Crippen LogP) is 5.62. The molecule has 0 N–H and O–H groups in total. The van der Waals surface area contributed by atoms with Gasteiger partial charge in [-0.1, -0.05) is 60.3 Å². The molecule has 1 nitrogen and oxygen atoms in total. The minimum Gasteiger partial charge on any atom is -0.299 e. The van der Waals surface area contributed by atoms with Crippen molar-refractivity contribution in [3.05, 3.63) is 0 Å². The van der Waals surface area contributed by atoms with Crippen LogP contribution in [0.5, 0.6) is 0 Å². The van der Waals surface area contributed by atoms with Gasteiger partial charge in [0.05, 0.1) is 0 Å². The molecule has 0 aromatic heterocycles. The van der Waals surface area contributed by atoms with Gasteiger partial charge in [0.15, 0.2) is 0 Å². The Balaban J connectivity index is 2.49. The quantitative estimate of drug-likeness (QED) is 0.584. The molecular formula is C18H34O. The summed E-state index contributed by atoms with van der Waals surface area (Å²) < 4.78 is 0. The topological polar surface area (TPSA) is 17.1 Å². The van der Waals surface area contributed by atoms with E-state index in [1.165, 1.54) is 32.1 Å². The molecule has 19 heavy (non-hydrogen) atoms. The monoisotopic (exact) mass is 266 g/mol. The summed E-state index contributed by atoms with van der Waals surface area (Å²) in [6.07, 6.45) is 9.87. The number of ketones is 1. The first-order valence-electron chi connectivity index (χ1n) is 8.30. The van der Waals surface area contributed by atoms with E-state index in [1.807, 2.05) is 0 Å². The van der Waals surface area contributed by atoms with E-state index in [0.29, 0.717) is 17.6 Å². The van der Waals surface area contributed by atoms with E-state index in [4.69, 9.17) is 0 Å². The van der Waals surface area contributed by atoms with E-state index < -0.39 is 0 Å². The second kappa shape index (κ2) is 7.45. The summed E-state index contributed by atoms with van der Waals surface area (Å²) in [6, 6.07) is 0. The highest BCUT2D eigenvalue weighted by Gasteiger charge is 2.26. The molecule has 1 aliphatic rings. The highest BCUT2D eigenvalue weighted by molar-refractivity contribution is 5.81. The summed E-state index contributed by atoms with van der Waals surface area (Å²) in [7, 11) is 0. The first kappa shape index (κ1) is 16.7. The molecule has 0 aromatic carbocycles. The zero-order chi connectivity index (χ0) is 14.5. The third kappa shape index (κ3) is 7.13. The molecule has 0 aromatic rings. The number of carbonyl (C=O) groups excluding carboxylic acids is 1. The van der Waals surface area contributed by atoms with E-state index in [1.54, 1.807) is 0 Å². The van der Waals surface area contributed by atoms with Gasteiger partial charge in [-0.15, -0.1) is 0 Å². The second-order valence-corrected chi connectivity index (χ2v) is 8.25. The Labute approximate surface area is 120 Å². The molecule has 1 aliphatic carbocycles. The molecule has 112 valence electrons. The van der Waals surface area contributed by atoms with Gasteiger partial charge in [0.2, 0.25) is 0 Å². The lowest BCUT2D eigenvalue weighted by Crippen LogP contribution is -2.23. The maximum atomic E-state index is 12.4. The van der Waals surface area contributed by atoms with E-state index in [9.17, 15) is 4.79 Å². The van der Waals surface area contributed by atoms with Crippen LogP contribution in [0.3, 0.4) is 0 Å². The summed E-state index contributed by atoms with van der Waals surface area (Å²) in [5.41, 5.74) is 0.271. The van der Waals surface area contributed by atoms with Crippen LogP contribution in [0.15, 0.2) is 0 Å². The van der Waals surface area contributed by atoms with Gasteiger partial charge < -0.3 is 0 Å². The largest absolute Gasteiger partial charge is 0.299 e. The molecule has 0 saturated heterocycles. The van der Waals surface area contributed by atoms with Crippen LogP contribution in [0.2, 0.25) is 0 Å². The summed E-state index contributed by atoms with van der Waals surface area (Å²) >= 11 is 0. The smallest absolute Gasteiger partial charge is 0.136 e. The van der Waals surface area contributed by atoms with E-state index in [2.05, 4.69) is 34.6 Å². The fourth-order valence-electron chi connectivity index (χ4n) is 3.42. The molecule has 1 saturated carbocycles. The van der Waals surface area contributed by atoms with Crippen LogP contribution < -0.4 is 0 Å². The summed E-state index contributed by atoms with van der Waals surface area (Å²) in [4.78, 5) is 12.4. The van der Waals surface area contributed by atoms with Crippen LogP contribution in [0.1, 0.15) is 86.0 Å². The molecule has 1 atom stereocenters. The maximum Gasteiger partial charge on any atom is 0.136 e. The molecule has 1 rings (SSSR count). The van der Waals surface area contributed by atoms with Gasteiger partial charge in [-0.25, -0.2) is 0 Å². The molecule has 0 amide bonds. The van der Waals surface area contributed by atoms with Gasteiger partial charge in [-0.05, 0) is 36.5 Å². The predicted molar refractivity (Wildman–Crippen MR) is 83.2 cm³/mol. The van der Waals surface area contributed by atoms with Crippen molar-refractivity contribution in [2.45, 2.75) is 86.0 Å². The molecule has 1 fully saturated rings. The standard InChI is InChI=1S/C18H34O/c1-14(2)12-17(19)16(13-18(3,4)5)11-10-15-8-6-7-9-15/h14-16H,6-13H2,1-5H3. The average Bonchev–Trinajstić information content (AvgIpc) is 2.74. The Kier molecular flexibility index (Phi) is 6.56. The zero-order valence-corrected chi connectivity index (χ0v) is 13.8. The van der Waals surface area contributed by atoms with Gasteiger partial charge >= 0.3 is 0 Å². The molecule has 0 radical (unpaired) electrons. The molecule has 1 heteroatoms. The van der Waals surface area contributed by atoms with Crippen molar-refractivity contribution in [1.29, 1.82) is 0 Å². The van der Waals surface area contributed by atoms with Crippen molar-refractivity contribution in [2.75, 3.05) is 0 Å². The number of carbonyl (C=O) groups is 1. The normalized spacial score (nSPS) is 19.1. The van der Waals surface area contributed by atoms with E-state index in [-0.39, 0.29) is 5.41 Å². The SMILES string of the molecule is CC(C)CC(=O)C(CCC1CCCC1)CC(C)(C)C. The lowest BCUT2D eigenvalue weighted by molar-refractivity contribution is -0.124. The van der Waals surface area contributed by atoms with Gasteiger partial charge in [0.25, 0.3) is 0 Å². The lowest BCUT2D eigenvalue weighted by atomic mass is 9.78. The lowest BCUT2D eigenvalue weighted by Gasteiger charge is -2.26. The Hall–Kier alpha value is -0.330. The van der Waals surface area contributed by atoms with Gasteiger partial charge in [-0.2, -0.15) is 0 Å². The fraction of sp³-hybridized carbons (Fsp3) is 0.944. The highest BCUT2D eigenvalue weighted by Crippen LogP contribution is 2.34. The minimum absolute atomic E-state index is 0.271. The first-order chi connectivity index (χ1) is 8.78. The van der Waals surface area contributed by atoms with Crippen LogP contribution in [0.4, 0.5) is 0 Å². The third-order valence-electron chi connectivity index (χ3n) is 4.32. The van der Waals surface area contributed by atoms with E-state index in [0.717, 1.165) is 25.2 Å². The van der Waals surface area contributed by atoms with Crippen molar-refractivity contribution >= 4 is 5.78 Å². The highest BCUT2D eigenvalue weighted by atomic mass is 16.1. The average molecular weight is 266 g/mol. The summed E-state index contributed by atoms with van der Waals surface area (Å²) in [6.45, 7) is 11.1. The van der Waals surface area contributed by atoms with Crippen molar-refractivity contribution < 1.29 is 4.79 Å². The Morgan fingerprint density at radius 2 is 1.74 bits per heavy atom. The summed E-state index contributed by atoms with van der Waals surface area (Å²) in [5, 5.41) is 0. The number of rotatable bonds is 7. The summed E-state index contributed by atoms with van der Waals surface area (Å²) in [5.74, 6) is 2.24. The molecule has 1 unspecified atom stereocenters. The zero-order valence-electron chi connectivity index (χ0n) is 13.8. The molecule has 0 bridgehead atoms. The molecular weight excluding hydrogens is 232 g/mol. The van der Waals surface area contributed by atoms with E-state index >= 15 is 0 Å². The van der Waals surface area contributed by atoms with Crippen LogP contribution in [0, 0.1) is 23.2 Å². The number of hydrogen-bond acceptors (Lipinski definition) is 1. The Morgan fingerprint density at radius 3 is 2.21 bits per heavy atom. The number of Topliss-reactive ketones (excluding diaryl/α,β-unsaturated/α-hetero) is 1. The van der Waals surface area contributed by atoms with Crippen LogP contribution in [-0.2, 0) is 4.79 Å². The second-order valence-electron chi connectivity index (χ2n) is 8.25. The van der Waals surface area contributed by atoms with Crippen LogP contribution in [0.25, 0.3) is 0 Å². The van der Waals surface area contributed by atoms with Crippen LogP contribution in [-0.4, -0.2) is 5.78 Å². The van der Waals surface area contributed by atoms with Crippen molar-refractivity contribution in [3.63, 3.8) is 0 Å². The fourth-order valence-corrected chi connectivity index (χ4v) is 3.42.